The van der Waals surface area contributed by atoms with Crippen LogP contribution >= 0.6 is 0 Å². The first-order chi connectivity index (χ1) is 12.6. The van der Waals surface area contributed by atoms with Crippen molar-refractivity contribution in [1.29, 1.82) is 0 Å². The Morgan fingerprint density at radius 2 is 0.567 bits per heavy atom. The largest absolute Gasteiger partial charge is 0.392 e. The molecule has 0 saturated heterocycles. The fraction of sp³-hybridized carbons (Fsp3) is 1.00. The van der Waals surface area contributed by atoms with Crippen LogP contribution in [0, 0.1) is 0 Å². The molecule has 0 saturated carbocycles. The maximum atomic E-state index is 13.2. The van der Waals surface area contributed by atoms with Gasteiger partial charge in [-0.3, -0.25) is 5.73 Å². The molecule has 0 aromatic rings. The molecule has 0 aliphatic carbocycles. The van der Waals surface area contributed by atoms with E-state index in [0.717, 1.165) is 0 Å². The number of hydrogen-bond donors (Lipinski definition) is 1. The van der Waals surface area contributed by atoms with Gasteiger partial charge in [0.05, 0.1) is 0 Å². The van der Waals surface area contributed by atoms with Crippen LogP contribution in [-0.4, -0.2) is 60.1 Å². The van der Waals surface area contributed by atoms with Gasteiger partial charge in [0, 0.05) is 0 Å². The maximum absolute atomic E-state index is 13.2. The molecule has 20 heteroatoms. The normalized spacial score (nSPS) is 16.8. The van der Waals surface area contributed by atoms with Crippen LogP contribution in [0.4, 0.5) is 83.4 Å². The molecule has 0 spiro atoms. The van der Waals surface area contributed by atoms with Crippen LogP contribution in [0.1, 0.15) is 0 Å². The van der Waals surface area contributed by atoms with Gasteiger partial charge in [0.1, 0.15) is 0 Å². The molecule has 0 aromatic heterocycles. The van der Waals surface area contributed by atoms with Crippen molar-refractivity contribution in [3.05, 3.63) is 0 Å². The third-order valence-electron chi connectivity index (χ3n) is 3.41. The molecule has 0 fully saturated rings. The fourth-order valence-corrected chi connectivity index (χ4v) is 1.51. The van der Waals surface area contributed by atoms with Crippen molar-refractivity contribution in [2.24, 2.45) is 5.73 Å². The Morgan fingerprint density at radius 1 is 0.367 bits per heavy atom. The summed E-state index contributed by atoms with van der Waals surface area (Å²) in [4.78, 5) is 0. The van der Waals surface area contributed by atoms with Crippen molar-refractivity contribution in [3.63, 3.8) is 0 Å². The van der Waals surface area contributed by atoms with Crippen molar-refractivity contribution < 1.29 is 83.4 Å². The molecule has 182 valence electrons. The molecule has 0 rings (SSSR count). The molecule has 0 atom stereocenters. The standard InChI is InChI=1S/C10H4F19N/c11-1-2(12,13)3(14,15)4(16,17)5(18,19)6(20,21)7(22,23)8(24,25)9(26,27)10(28,29)30/h1,30H2. The number of halogens is 19. The van der Waals surface area contributed by atoms with E-state index >= 15 is 0 Å². The quantitative estimate of drug-likeness (QED) is 0.325. The molecule has 0 aliphatic heterocycles. The summed E-state index contributed by atoms with van der Waals surface area (Å²) in [6.45, 7) is -4.01. The molecule has 30 heavy (non-hydrogen) atoms. The van der Waals surface area contributed by atoms with Crippen molar-refractivity contribution in [2.45, 2.75) is 53.4 Å². The summed E-state index contributed by atoms with van der Waals surface area (Å²) < 4.78 is 243. The van der Waals surface area contributed by atoms with Crippen molar-refractivity contribution >= 4 is 0 Å². The highest BCUT2D eigenvalue weighted by Crippen LogP contribution is 2.64. The molecule has 0 aliphatic rings. The maximum Gasteiger partial charge on any atom is 0.392 e. The zero-order chi connectivity index (χ0) is 25.2. The van der Waals surface area contributed by atoms with E-state index in [4.69, 9.17) is 0 Å². The van der Waals surface area contributed by atoms with E-state index in [2.05, 4.69) is 5.73 Å². The predicted molar refractivity (Wildman–Crippen MR) is 54.7 cm³/mol. The first kappa shape index (κ1) is 28.6. The Bertz CT molecular complexity index is 628. The lowest BCUT2D eigenvalue weighted by atomic mass is 9.87. The molecule has 0 unspecified atom stereocenters. The van der Waals surface area contributed by atoms with Gasteiger partial charge < -0.3 is 0 Å². The van der Waals surface area contributed by atoms with E-state index in [1.807, 2.05) is 0 Å². The minimum absolute atomic E-state index is 3.04. The third-order valence-corrected chi connectivity index (χ3v) is 3.41. The second-order valence-corrected chi connectivity index (χ2v) is 5.48. The topological polar surface area (TPSA) is 26.0 Å². The highest BCUT2D eigenvalue weighted by molar-refractivity contribution is 5.16. The van der Waals surface area contributed by atoms with E-state index in [9.17, 15) is 83.4 Å². The Balaban J connectivity index is 6.85. The summed E-state index contributed by atoms with van der Waals surface area (Å²) in [6, 6.07) is -6.92. The monoisotopic (exact) mass is 499 g/mol. The Hall–Kier alpha value is -1.37. The van der Waals surface area contributed by atoms with Crippen LogP contribution in [0.5, 0.6) is 0 Å². The van der Waals surface area contributed by atoms with Gasteiger partial charge in [-0.05, 0) is 0 Å². The molecule has 0 bridgehead atoms. The third kappa shape index (κ3) is 3.23. The van der Waals surface area contributed by atoms with Gasteiger partial charge in [-0.1, -0.05) is 0 Å². The van der Waals surface area contributed by atoms with Crippen LogP contribution in [0.2, 0.25) is 0 Å². The van der Waals surface area contributed by atoms with Crippen molar-refractivity contribution in [3.8, 4) is 0 Å². The van der Waals surface area contributed by atoms with E-state index in [1.54, 1.807) is 0 Å². The number of rotatable bonds is 9. The SMILES string of the molecule is NC(F)(F)C(F)(F)C(F)(F)C(F)(F)C(F)(F)C(F)(F)C(F)(F)C(F)(F)C(F)(F)CF. The van der Waals surface area contributed by atoms with E-state index in [1.165, 1.54) is 0 Å². The number of nitrogens with two attached hydrogens (primary N) is 1. The Labute approximate surface area is 151 Å². The molecule has 0 amide bonds. The summed E-state index contributed by atoms with van der Waals surface area (Å²) in [5.41, 5.74) is 3.04. The zero-order valence-electron chi connectivity index (χ0n) is 13.0. The van der Waals surface area contributed by atoms with Gasteiger partial charge in [0.15, 0.2) is 6.67 Å². The van der Waals surface area contributed by atoms with Crippen LogP contribution in [-0.2, 0) is 0 Å². The minimum atomic E-state index is -8.86. The number of hydrogen-bond acceptors (Lipinski definition) is 1. The van der Waals surface area contributed by atoms with Gasteiger partial charge in [0.2, 0.25) is 0 Å². The van der Waals surface area contributed by atoms with Gasteiger partial charge in [-0.15, -0.1) is 0 Å². The summed E-state index contributed by atoms with van der Waals surface area (Å²) in [6.07, 6.45) is 0. The summed E-state index contributed by atoms with van der Waals surface area (Å²) >= 11 is 0. The van der Waals surface area contributed by atoms with E-state index in [-0.39, 0.29) is 0 Å². The number of alkyl halides is 19. The van der Waals surface area contributed by atoms with E-state index in [0.29, 0.717) is 0 Å². The highest BCUT2D eigenvalue weighted by atomic mass is 19.4. The Morgan fingerprint density at radius 3 is 0.767 bits per heavy atom. The van der Waals surface area contributed by atoms with Gasteiger partial charge in [-0.2, -0.15) is 79.0 Å². The van der Waals surface area contributed by atoms with Crippen molar-refractivity contribution in [2.75, 3.05) is 6.67 Å². The minimum Gasteiger partial charge on any atom is -0.267 e. The van der Waals surface area contributed by atoms with Crippen LogP contribution < -0.4 is 5.73 Å². The lowest BCUT2D eigenvalue weighted by molar-refractivity contribution is -0.462. The highest BCUT2D eigenvalue weighted by Gasteiger charge is 2.96. The summed E-state index contributed by atoms with van der Waals surface area (Å²) in [7, 11) is 0. The van der Waals surface area contributed by atoms with Gasteiger partial charge in [0.25, 0.3) is 0 Å². The Kier molecular flexibility index (Phi) is 6.50. The molecule has 1 nitrogen and oxygen atoms in total. The lowest BCUT2D eigenvalue weighted by Crippen LogP contribution is -2.76. The van der Waals surface area contributed by atoms with Gasteiger partial charge >= 0.3 is 53.4 Å². The fourth-order valence-electron chi connectivity index (χ4n) is 1.51. The lowest BCUT2D eigenvalue weighted by Gasteiger charge is -2.43. The van der Waals surface area contributed by atoms with Crippen LogP contribution in [0.3, 0.4) is 0 Å². The van der Waals surface area contributed by atoms with E-state index < -0.39 is 60.1 Å². The second kappa shape index (κ2) is 6.81. The summed E-state index contributed by atoms with van der Waals surface area (Å²) in [5, 5.41) is 0. The smallest absolute Gasteiger partial charge is 0.267 e. The average molecular weight is 499 g/mol. The van der Waals surface area contributed by atoms with Crippen molar-refractivity contribution in [1.82, 2.24) is 0 Å². The van der Waals surface area contributed by atoms with Crippen LogP contribution in [0.25, 0.3) is 0 Å². The molecular weight excluding hydrogens is 495 g/mol. The first-order valence-corrected chi connectivity index (χ1v) is 6.31. The molecule has 0 radical (unpaired) electrons. The first-order valence-electron chi connectivity index (χ1n) is 6.31. The molecule has 0 heterocycles. The molecule has 2 N–H and O–H groups in total. The predicted octanol–water partition coefficient (Wildman–Crippen LogP) is 5.59. The molecular formula is C10H4F19N. The molecule has 0 aromatic carbocycles. The average Bonchev–Trinajstić information content (AvgIpc) is 2.52. The summed E-state index contributed by atoms with van der Waals surface area (Å²) in [5.74, 6) is -66.4. The second-order valence-electron chi connectivity index (χ2n) is 5.48. The zero-order valence-corrected chi connectivity index (χ0v) is 13.0. The van der Waals surface area contributed by atoms with Gasteiger partial charge in [-0.25, -0.2) is 4.39 Å². The van der Waals surface area contributed by atoms with Crippen LogP contribution in [0.15, 0.2) is 0 Å².